The summed E-state index contributed by atoms with van der Waals surface area (Å²) in [5.41, 5.74) is 3.43. The topological polar surface area (TPSA) is 161 Å². The monoisotopic (exact) mass is 631 g/mol. The van der Waals surface area contributed by atoms with Gasteiger partial charge in [0.1, 0.15) is 11.7 Å². The van der Waals surface area contributed by atoms with E-state index in [4.69, 9.17) is 9.47 Å². The summed E-state index contributed by atoms with van der Waals surface area (Å²) in [6.07, 6.45) is 0.389. The van der Waals surface area contributed by atoms with Crippen LogP contribution in [0.15, 0.2) is 71.8 Å². The summed E-state index contributed by atoms with van der Waals surface area (Å²) in [5.74, 6) is -1.50. The van der Waals surface area contributed by atoms with Gasteiger partial charge in [-0.1, -0.05) is 30.3 Å². The van der Waals surface area contributed by atoms with E-state index >= 15 is 0 Å². The lowest BCUT2D eigenvalue weighted by atomic mass is 10.00. The molecular formula is C32H33N5O7S. The molecule has 1 aliphatic rings. The predicted octanol–water partition coefficient (Wildman–Crippen LogP) is 5.53. The van der Waals surface area contributed by atoms with E-state index < -0.39 is 33.8 Å². The van der Waals surface area contributed by atoms with E-state index in [9.17, 15) is 23.1 Å². The first-order valence-electron chi connectivity index (χ1n) is 14.1. The summed E-state index contributed by atoms with van der Waals surface area (Å²) in [5, 5.41) is 9.36. The molecule has 0 saturated heterocycles. The number of nitrogens with one attached hydrogen (secondary N) is 1. The van der Waals surface area contributed by atoms with Crippen LogP contribution in [-0.2, 0) is 21.3 Å². The third kappa shape index (κ3) is 7.20. The lowest BCUT2D eigenvalue weighted by Crippen LogP contribution is -2.43. The number of hydrogen-bond donors (Lipinski definition) is 2. The molecule has 1 unspecified atom stereocenters. The molecule has 45 heavy (non-hydrogen) atoms. The number of ether oxygens (including phenoxy) is 2. The fourth-order valence-electron chi connectivity index (χ4n) is 4.98. The number of carbonyl (C=O) groups excluding carboxylic acids is 1. The highest BCUT2D eigenvalue weighted by atomic mass is 32.2. The summed E-state index contributed by atoms with van der Waals surface area (Å²) >= 11 is 0. The summed E-state index contributed by atoms with van der Waals surface area (Å²) in [4.78, 5) is 39.1. The normalized spacial score (nSPS) is 14.8. The van der Waals surface area contributed by atoms with Crippen LogP contribution in [0.5, 0.6) is 5.88 Å². The summed E-state index contributed by atoms with van der Waals surface area (Å²) in [7, 11) is -4.30. The van der Waals surface area contributed by atoms with Crippen LogP contribution in [0.3, 0.4) is 0 Å². The molecule has 0 aliphatic carbocycles. The minimum Gasteiger partial charge on any atom is -0.478 e. The molecule has 3 heterocycles. The Labute approximate surface area is 261 Å². The quantitative estimate of drug-likeness (QED) is 0.266. The van der Waals surface area contributed by atoms with Crippen molar-refractivity contribution in [3.05, 3.63) is 94.8 Å². The third-order valence-corrected chi connectivity index (χ3v) is 8.30. The number of nitrogens with zero attached hydrogens (tertiary/aromatic N) is 4. The highest BCUT2D eigenvalue weighted by Gasteiger charge is 2.33. The SMILES string of the molecule is Cc1cccc(C)c1-c1cc(OC2CN(C(=O)OC(C)(C)C)Cc3ncccc32)nc(NS(=O)(=O)c2cccc(C(=O)O)c2)n1. The molecule has 0 bridgehead atoms. The van der Waals surface area contributed by atoms with Gasteiger partial charge in [-0.25, -0.2) is 27.7 Å². The fraction of sp³-hybridized carbons (Fsp3) is 0.281. The molecule has 0 saturated carbocycles. The molecule has 1 atom stereocenters. The number of hydrogen-bond acceptors (Lipinski definition) is 9. The lowest BCUT2D eigenvalue weighted by molar-refractivity contribution is 0.0103. The molecule has 5 rings (SSSR count). The number of aromatic nitrogens is 3. The van der Waals surface area contributed by atoms with Gasteiger partial charge in [0.2, 0.25) is 11.8 Å². The van der Waals surface area contributed by atoms with Crippen molar-refractivity contribution in [1.82, 2.24) is 19.9 Å². The third-order valence-electron chi connectivity index (χ3n) is 6.97. The van der Waals surface area contributed by atoms with Gasteiger partial charge in [-0.2, -0.15) is 4.98 Å². The second-order valence-corrected chi connectivity index (χ2v) is 13.3. The fourth-order valence-corrected chi connectivity index (χ4v) is 5.97. The Bertz CT molecular complexity index is 1870. The van der Waals surface area contributed by atoms with E-state index in [0.717, 1.165) is 28.3 Å². The molecular weight excluding hydrogens is 598 g/mol. The van der Waals surface area contributed by atoms with E-state index in [-0.39, 0.29) is 35.4 Å². The Kier molecular flexibility index (Phi) is 8.48. The maximum atomic E-state index is 13.4. The van der Waals surface area contributed by atoms with Gasteiger partial charge in [-0.3, -0.25) is 9.88 Å². The molecule has 0 fully saturated rings. The van der Waals surface area contributed by atoms with E-state index in [0.29, 0.717) is 11.4 Å². The van der Waals surface area contributed by atoms with Gasteiger partial charge in [-0.05, 0) is 70.0 Å². The van der Waals surface area contributed by atoms with Crippen LogP contribution in [0.2, 0.25) is 0 Å². The molecule has 4 aromatic rings. The van der Waals surface area contributed by atoms with Gasteiger partial charge >= 0.3 is 12.1 Å². The van der Waals surface area contributed by atoms with Crippen molar-refractivity contribution in [1.29, 1.82) is 0 Å². The van der Waals surface area contributed by atoms with Crippen LogP contribution in [0.25, 0.3) is 11.3 Å². The number of amides is 1. The van der Waals surface area contributed by atoms with Crippen LogP contribution in [-0.4, -0.2) is 57.6 Å². The van der Waals surface area contributed by atoms with Crippen molar-refractivity contribution in [2.24, 2.45) is 0 Å². The molecule has 0 radical (unpaired) electrons. The zero-order chi connectivity index (χ0) is 32.5. The summed E-state index contributed by atoms with van der Waals surface area (Å²) < 4.78 is 41.1. The average Bonchev–Trinajstić information content (AvgIpc) is 2.96. The average molecular weight is 632 g/mol. The van der Waals surface area contributed by atoms with E-state index in [1.54, 1.807) is 39.1 Å². The second kappa shape index (κ2) is 12.2. The number of rotatable bonds is 7. The number of carbonyl (C=O) groups is 2. The number of anilines is 1. The number of benzene rings is 2. The van der Waals surface area contributed by atoms with Crippen LogP contribution < -0.4 is 9.46 Å². The van der Waals surface area contributed by atoms with Gasteiger partial charge in [0.05, 0.1) is 34.9 Å². The smallest absolute Gasteiger partial charge is 0.410 e. The number of carboxylic acid groups (broad SMARTS) is 1. The van der Waals surface area contributed by atoms with Gasteiger partial charge in [-0.15, -0.1) is 0 Å². The Morgan fingerprint density at radius 2 is 1.71 bits per heavy atom. The first kappa shape index (κ1) is 31.4. The molecule has 13 heteroatoms. The van der Waals surface area contributed by atoms with Gasteiger partial charge in [0.25, 0.3) is 10.0 Å². The molecule has 234 valence electrons. The highest BCUT2D eigenvalue weighted by Crippen LogP contribution is 2.34. The van der Waals surface area contributed by atoms with Crippen molar-refractivity contribution in [2.75, 3.05) is 11.3 Å². The van der Waals surface area contributed by atoms with E-state index in [1.165, 1.54) is 23.1 Å². The van der Waals surface area contributed by atoms with Gasteiger partial charge in [0.15, 0.2) is 0 Å². The van der Waals surface area contributed by atoms with Crippen molar-refractivity contribution in [3.63, 3.8) is 0 Å². The minimum atomic E-state index is -4.30. The minimum absolute atomic E-state index is 0.0467. The predicted molar refractivity (Wildman–Crippen MR) is 165 cm³/mol. The van der Waals surface area contributed by atoms with Gasteiger partial charge in [0, 0.05) is 23.4 Å². The molecule has 1 amide bonds. The number of aromatic carboxylic acids is 1. The van der Waals surface area contributed by atoms with Crippen molar-refractivity contribution < 1.29 is 32.6 Å². The first-order chi connectivity index (χ1) is 21.2. The largest absolute Gasteiger partial charge is 0.478 e. The maximum Gasteiger partial charge on any atom is 0.410 e. The zero-order valence-corrected chi connectivity index (χ0v) is 26.3. The van der Waals surface area contributed by atoms with E-state index in [1.807, 2.05) is 38.1 Å². The zero-order valence-electron chi connectivity index (χ0n) is 25.4. The molecule has 2 N–H and O–H groups in total. The Morgan fingerprint density at radius 1 is 1.00 bits per heavy atom. The summed E-state index contributed by atoms with van der Waals surface area (Å²) in [6, 6.07) is 15.9. The van der Waals surface area contributed by atoms with Crippen LogP contribution in [0, 0.1) is 13.8 Å². The Hall–Kier alpha value is -5.04. The number of aryl methyl sites for hydroxylation is 2. The van der Waals surface area contributed by atoms with Gasteiger partial charge < -0.3 is 14.6 Å². The number of sulfonamides is 1. The highest BCUT2D eigenvalue weighted by molar-refractivity contribution is 7.92. The molecule has 12 nitrogen and oxygen atoms in total. The Balaban J connectivity index is 1.56. The lowest BCUT2D eigenvalue weighted by Gasteiger charge is -2.34. The summed E-state index contributed by atoms with van der Waals surface area (Å²) in [6.45, 7) is 9.52. The second-order valence-electron chi connectivity index (χ2n) is 11.6. The van der Waals surface area contributed by atoms with E-state index in [2.05, 4.69) is 19.7 Å². The van der Waals surface area contributed by atoms with Crippen molar-refractivity contribution >= 4 is 28.0 Å². The standard InChI is InChI=1S/C32H33N5O7S/c1-19-9-6-10-20(2)28(19)24-16-27(35-30(34-24)36-45(41,42)22-12-7-11-21(15-22)29(38)39)43-26-18-37(31(40)44-32(3,4)5)17-25-23(26)13-8-14-33-25/h6-16,26H,17-18H2,1-5H3,(H,38,39)(H,34,35,36). The maximum absolute atomic E-state index is 13.4. The molecule has 1 aliphatic heterocycles. The number of pyridine rings is 1. The van der Waals surface area contributed by atoms with Crippen molar-refractivity contribution in [3.8, 4) is 17.1 Å². The van der Waals surface area contributed by atoms with Crippen LogP contribution in [0.1, 0.15) is 59.6 Å². The molecule has 2 aromatic carbocycles. The number of carboxylic acids is 1. The Morgan fingerprint density at radius 3 is 2.40 bits per heavy atom. The molecule has 0 spiro atoms. The first-order valence-corrected chi connectivity index (χ1v) is 15.6. The molecule has 2 aromatic heterocycles. The number of fused-ring (bicyclic) bond motifs is 1. The van der Waals surface area contributed by atoms with Crippen LogP contribution >= 0.6 is 0 Å². The van der Waals surface area contributed by atoms with Crippen molar-refractivity contribution in [2.45, 2.75) is 57.8 Å². The van der Waals surface area contributed by atoms with Crippen LogP contribution in [0.4, 0.5) is 10.7 Å².